The Morgan fingerprint density at radius 2 is 2.17 bits per heavy atom. The Morgan fingerprint density at radius 3 is 2.67 bits per heavy atom. The van der Waals surface area contributed by atoms with Crippen LogP contribution in [0.15, 0.2) is 0 Å². The Morgan fingerprint density at radius 1 is 1.50 bits per heavy atom. The quantitative estimate of drug-likeness (QED) is 0.393. The first kappa shape index (κ1) is 9.62. The van der Waals surface area contributed by atoms with E-state index < -0.39 is 12.0 Å². The molecule has 3 atom stereocenters. The van der Waals surface area contributed by atoms with Gasteiger partial charge in [0.05, 0.1) is 12.0 Å². The Balaban J connectivity index is 0.000000720. The SMILES string of the molecule is O=C([O-])C1CC2CC2C(=O)N1.[Li+]. The van der Waals surface area contributed by atoms with Gasteiger partial charge in [-0.2, -0.15) is 0 Å². The molecule has 1 aliphatic heterocycles. The van der Waals surface area contributed by atoms with E-state index in [1.54, 1.807) is 0 Å². The van der Waals surface area contributed by atoms with Crippen molar-refractivity contribution in [1.82, 2.24) is 5.32 Å². The van der Waals surface area contributed by atoms with Gasteiger partial charge in [-0.3, -0.25) is 4.79 Å². The van der Waals surface area contributed by atoms with Crippen molar-refractivity contribution in [3.05, 3.63) is 0 Å². The maximum absolute atomic E-state index is 10.9. The van der Waals surface area contributed by atoms with Crippen molar-refractivity contribution in [2.24, 2.45) is 11.8 Å². The number of carbonyl (C=O) groups is 2. The molecule has 2 aliphatic rings. The molecule has 4 nitrogen and oxygen atoms in total. The van der Waals surface area contributed by atoms with Crippen molar-refractivity contribution in [1.29, 1.82) is 0 Å². The van der Waals surface area contributed by atoms with Crippen LogP contribution in [0.2, 0.25) is 0 Å². The average molecular weight is 161 g/mol. The number of hydrogen-bond donors (Lipinski definition) is 1. The van der Waals surface area contributed by atoms with Crippen LogP contribution in [0, 0.1) is 11.8 Å². The van der Waals surface area contributed by atoms with Crippen molar-refractivity contribution in [2.75, 3.05) is 0 Å². The molecule has 1 saturated carbocycles. The van der Waals surface area contributed by atoms with Gasteiger partial charge in [-0.05, 0) is 18.8 Å². The van der Waals surface area contributed by atoms with Crippen LogP contribution in [-0.4, -0.2) is 17.9 Å². The van der Waals surface area contributed by atoms with Crippen LogP contribution in [0.1, 0.15) is 12.8 Å². The van der Waals surface area contributed by atoms with Gasteiger partial charge in [-0.15, -0.1) is 0 Å². The number of rotatable bonds is 1. The first-order valence-corrected chi connectivity index (χ1v) is 3.69. The summed E-state index contributed by atoms with van der Waals surface area (Å²) < 4.78 is 0. The number of fused-ring (bicyclic) bond motifs is 1. The van der Waals surface area contributed by atoms with Crippen LogP contribution < -0.4 is 29.3 Å². The van der Waals surface area contributed by atoms with Crippen LogP contribution in [0.4, 0.5) is 0 Å². The maximum atomic E-state index is 10.9. The van der Waals surface area contributed by atoms with Gasteiger partial charge in [0.25, 0.3) is 0 Å². The molecule has 0 aromatic heterocycles. The molecule has 1 heterocycles. The number of piperidine rings is 1. The monoisotopic (exact) mass is 161 g/mol. The Hall–Kier alpha value is -0.463. The average Bonchev–Trinajstić information content (AvgIpc) is 2.66. The zero-order valence-electron chi connectivity index (χ0n) is 6.87. The minimum Gasteiger partial charge on any atom is -0.548 e. The van der Waals surface area contributed by atoms with Crippen molar-refractivity contribution in [2.45, 2.75) is 18.9 Å². The van der Waals surface area contributed by atoms with Gasteiger partial charge in [-0.25, -0.2) is 0 Å². The van der Waals surface area contributed by atoms with Gasteiger partial charge in [0.15, 0.2) is 0 Å². The fraction of sp³-hybridized carbons (Fsp3) is 0.714. The van der Waals surface area contributed by atoms with E-state index in [-0.39, 0.29) is 30.7 Å². The molecule has 0 radical (unpaired) electrons. The van der Waals surface area contributed by atoms with Crippen LogP contribution in [-0.2, 0) is 9.59 Å². The summed E-state index contributed by atoms with van der Waals surface area (Å²) in [5.74, 6) is -0.864. The molecule has 0 aromatic carbocycles. The minimum absolute atomic E-state index is 0. The zero-order valence-corrected chi connectivity index (χ0v) is 6.87. The van der Waals surface area contributed by atoms with Crippen molar-refractivity contribution in [3.8, 4) is 0 Å². The van der Waals surface area contributed by atoms with Crippen LogP contribution >= 0.6 is 0 Å². The summed E-state index contributed by atoms with van der Waals surface area (Å²) in [6, 6.07) is -0.744. The maximum Gasteiger partial charge on any atom is 1.00 e. The topological polar surface area (TPSA) is 69.2 Å². The van der Waals surface area contributed by atoms with E-state index >= 15 is 0 Å². The van der Waals surface area contributed by atoms with E-state index in [1.165, 1.54) is 0 Å². The van der Waals surface area contributed by atoms with Crippen LogP contribution in [0.25, 0.3) is 0 Å². The number of carboxylic acids is 1. The third-order valence-electron chi connectivity index (χ3n) is 2.40. The van der Waals surface area contributed by atoms with E-state index in [9.17, 15) is 14.7 Å². The number of nitrogens with one attached hydrogen (secondary N) is 1. The van der Waals surface area contributed by atoms with Crippen molar-refractivity contribution >= 4 is 11.9 Å². The van der Waals surface area contributed by atoms with Crippen LogP contribution in [0.5, 0.6) is 0 Å². The van der Waals surface area contributed by atoms with Gasteiger partial charge >= 0.3 is 18.9 Å². The third kappa shape index (κ3) is 1.50. The van der Waals surface area contributed by atoms with E-state index in [0.29, 0.717) is 12.3 Å². The van der Waals surface area contributed by atoms with E-state index in [0.717, 1.165) is 6.42 Å². The molecule has 3 unspecified atom stereocenters. The second-order valence-corrected chi connectivity index (χ2v) is 3.22. The standard InChI is InChI=1S/C7H9NO3.Li/c9-6-4-1-3(4)2-5(8-6)7(10)11;/h3-5H,1-2H2,(H,8,9)(H,10,11);/q;+1/p-1. The molecule has 1 amide bonds. The summed E-state index contributed by atoms with van der Waals surface area (Å²) in [5.41, 5.74) is 0. The first-order chi connectivity index (χ1) is 5.18. The van der Waals surface area contributed by atoms with Crippen LogP contribution in [0.3, 0.4) is 0 Å². The molecule has 1 N–H and O–H groups in total. The third-order valence-corrected chi connectivity index (χ3v) is 2.40. The molecule has 0 spiro atoms. The van der Waals surface area contributed by atoms with Gasteiger partial charge in [0.1, 0.15) is 0 Å². The molecule has 0 aromatic rings. The molecule has 0 bridgehead atoms. The molecular weight excluding hydrogens is 153 g/mol. The van der Waals surface area contributed by atoms with E-state index in [4.69, 9.17) is 0 Å². The second kappa shape index (κ2) is 3.12. The van der Waals surface area contributed by atoms with Gasteiger partial charge in [0, 0.05) is 5.92 Å². The molecule has 1 aliphatic carbocycles. The van der Waals surface area contributed by atoms with Crippen molar-refractivity contribution < 1.29 is 33.6 Å². The molecule has 2 rings (SSSR count). The van der Waals surface area contributed by atoms with Gasteiger partial charge < -0.3 is 15.2 Å². The molecule has 60 valence electrons. The first-order valence-electron chi connectivity index (χ1n) is 3.69. The minimum atomic E-state index is -1.16. The fourth-order valence-corrected chi connectivity index (χ4v) is 1.62. The summed E-state index contributed by atoms with van der Waals surface area (Å²) in [6.45, 7) is 0. The summed E-state index contributed by atoms with van der Waals surface area (Å²) in [7, 11) is 0. The van der Waals surface area contributed by atoms with E-state index in [2.05, 4.69) is 5.32 Å². The normalized spacial score (nSPS) is 37.3. The van der Waals surface area contributed by atoms with Gasteiger partial charge in [-0.1, -0.05) is 0 Å². The van der Waals surface area contributed by atoms with Crippen molar-refractivity contribution in [3.63, 3.8) is 0 Å². The largest absolute Gasteiger partial charge is 1.00 e. The molecular formula is C7H8LiNO3. The molecule has 2 fully saturated rings. The summed E-state index contributed by atoms with van der Waals surface area (Å²) in [5, 5.41) is 12.7. The number of carboxylic acid groups (broad SMARTS) is 1. The zero-order chi connectivity index (χ0) is 8.01. The fourth-order valence-electron chi connectivity index (χ4n) is 1.62. The Bertz CT molecular complexity index is 231. The Labute approximate surface area is 81.9 Å². The predicted molar refractivity (Wildman–Crippen MR) is 33.2 cm³/mol. The van der Waals surface area contributed by atoms with E-state index in [1.807, 2.05) is 0 Å². The number of amides is 1. The summed E-state index contributed by atoms with van der Waals surface area (Å²) in [4.78, 5) is 21.3. The smallest absolute Gasteiger partial charge is 0.548 e. The number of aliphatic carboxylic acids is 1. The number of carbonyl (C=O) groups excluding carboxylic acids is 2. The number of hydrogen-bond acceptors (Lipinski definition) is 3. The molecule has 1 saturated heterocycles. The second-order valence-electron chi connectivity index (χ2n) is 3.22. The van der Waals surface area contributed by atoms with Gasteiger partial charge in [0.2, 0.25) is 5.91 Å². The molecule has 12 heavy (non-hydrogen) atoms. The summed E-state index contributed by atoms with van der Waals surface area (Å²) >= 11 is 0. The summed E-state index contributed by atoms with van der Waals surface area (Å²) in [6.07, 6.45) is 1.41. The Kier molecular flexibility index (Phi) is 2.50. The molecule has 5 heteroatoms. The predicted octanol–water partition coefficient (Wildman–Crippen LogP) is -4.74.